The lowest BCUT2D eigenvalue weighted by Crippen LogP contribution is -2.35. The van der Waals surface area contributed by atoms with Crippen molar-refractivity contribution in [1.29, 1.82) is 0 Å². The zero-order valence-corrected chi connectivity index (χ0v) is 19.0. The summed E-state index contributed by atoms with van der Waals surface area (Å²) in [5.41, 5.74) is 1.15. The van der Waals surface area contributed by atoms with E-state index in [4.69, 9.17) is 4.74 Å². The summed E-state index contributed by atoms with van der Waals surface area (Å²) in [5.74, 6) is 1.26. The third-order valence-corrected chi connectivity index (χ3v) is 5.74. The molecule has 1 unspecified atom stereocenters. The summed E-state index contributed by atoms with van der Waals surface area (Å²) in [5, 5.41) is 4.00. The SMILES string of the molecule is CS(=O)(=O)/C=C/C(Cc1ccccc1)NC(=O)c1cnc(C2CC2)nc1Oc1ccccc1. The van der Waals surface area contributed by atoms with E-state index < -0.39 is 21.8 Å². The van der Waals surface area contributed by atoms with Gasteiger partial charge in [-0.05, 0) is 37.0 Å². The molecule has 1 N–H and O–H groups in total. The van der Waals surface area contributed by atoms with Gasteiger partial charge in [0.05, 0.1) is 6.04 Å². The number of ether oxygens (including phenoxy) is 1. The predicted octanol–water partition coefficient (Wildman–Crippen LogP) is 4.05. The van der Waals surface area contributed by atoms with E-state index in [9.17, 15) is 13.2 Å². The highest BCUT2D eigenvalue weighted by Crippen LogP contribution is 2.39. The van der Waals surface area contributed by atoms with Crippen molar-refractivity contribution in [3.63, 3.8) is 0 Å². The summed E-state index contributed by atoms with van der Waals surface area (Å²) in [4.78, 5) is 22.1. The third-order valence-electron chi connectivity index (χ3n) is 5.09. The van der Waals surface area contributed by atoms with Gasteiger partial charge in [0.25, 0.3) is 5.91 Å². The molecule has 1 amide bonds. The maximum atomic E-state index is 13.2. The van der Waals surface area contributed by atoms with Crippen LogP contribution in [0.2, 0.25) is 0 Å². The summed E-state index contributed by atoms with van der Waals surface area (Å²) in [7, 11) is -3.35. The molecule has 1 aliphatic carbocycles. The summed E-state index contributed by atoms with van der Waals surface area (Å²) in [6, 6.07) is 18.1. The number of sulfone groups is 1. The lowest BCUT2D eigenvalue weighted by atomic mass is 10.1. The highest BCUT2D eigenvalue weighted by molar-refractivity contribution is 7.93. The van der Waals surface area contributed by atoms with Crippen LogP contribution in [0.5, 0.6) is 11.6 Å². The number of amides is 1. The van der Waals surface area contributed by atoms with Gasteiger partial charge < -0.3 is 10.1 Å². The fourth-order valence-electron chi connectivity index (χ4n) is 3.27. The Kier molecular flexibility index (Phi) is 6.84. The van der Waals surface area contributed by atoms with Crippen LogP contribution < -0.4 is 10.1 Å². The van der Waals surface area contributed by atoms with Gasteiger partial charge in [0, 0.05) is 23.8 Å². The van der Waals surface area contributed by atoms with Crippen LogP contribution in [0.15, 0.2) is 78.3 Å². The van der Waals surface area contributed by atoms with Gasteiger partial charge in [-0.3, -0.25) is 4.79 Å². The van der Waals surface area contributed by atoms with Gasteiger partial charge in [-0.25, -0.2) is 13.4 Å². The Morgan fingerprint density at radius 1 is 1.12 bits per heavy atom. The number of carbonyl (C=O) groups is 1. The average Bonchev–Trinajstić information content (AvgIpc) is 3.64. The zero-order chi connectivity index (χ0) is 23.3. The Labute approximate surface area is 193 Å². The van der Waals surface area contributed by atoms with Crippen LogP contribution in [0, 0.1) is 0 Å². The summed E-state index contributed by atoms with van der Waals surface area (Å²) >= 11 is 0. The number of carbonyl (C=O) groups excluding carboxylic acids is 1. The summed E-state index contributed by atoms with van der Waals surface area (Å²) in [6.07, 6.45) is 6.54. The van der Waals surface area contributed by atoms with E-state index in [0.717, 1.165) is 30.1 Å². The van der Waals surface area contributed by atoms with Gasteiger partial charge in [-0.1, -0.05) is 54.6 Å². The number of hydrogen-bond donors (Lipinski definition) is 1. The zero-order valence-electron chi connectivity index (χ0n) is 18.2. The fourth-order valence-corrected chi connectivity index (χ4v) is 3.75. The second-order valence-corrected chi connectivity index (χ2v) is 10.00. The molecule has 8 heteroatoms. The Morgan fingerprint density at radius 3 is 2.42 bits per heavy atom. The average molecular weight is 464 g/mol. The van der Waals surface area contributed by atoms with E-state index in [-0.39, 0.29) is 11.4 Å². The van der Waals surface area contributed by atoms with Gasteiger partial charge in [0.2, 0.25) is 5.88 Å². The molecule has 0 saturated heterocycles. The Balaban J connectivity index is 1.60. The van der Waals surface area contributed by atoms with Crippen molar-refractivity contribution in [1.82, 2.24) is 15.3 Å². The smallest absolute Gasteiger partial charge is 0.258 e. The number of benzene rings is 2. The summed E-state index contributed by atoms with van der Waals surface area (Å²) < 4.78 is 29.3. The topological polar surface area (TPSA) is 98.2 Å². The van der Waals surface area contributed by atoms with E-state index in [0.29, 0.717) is 23.9 Å². The van der Waals surface area contributed by atoms with Crippen molar-refractivity contribution in [3.8, 4) is 11.6 Å². The monoisotopic (exact) mass is 463 g/mol. The molecule has 1 fully saturated rings. The Bertz CT molecular complexity index is 1240. The van der Waals surface area contributed by atoms with Crippen molar-refractivity contribution >= 4 is 15.7 Å². The highest BCUT2D eigenvalue weighted by Gasteiger charge is 2.29. The van der Waals surface area contributed by atoms with Gasteiger partial charge in [-0.2, -0.15) is 4.98 Å². The standard InChI is InChI=1S/C25H25N3O4S/c1-33(30,31)15-14-20(16-18-8-4-2-5-9-18)27-24(29)22-17-26-23(19-12-13-19)28-25(22)32-21-10-6-3-7-11-21/h2-11,14-15,17,19-20H,12-13,16H2,1H3,(H,27,29)/b15-14+. The van der Waals surface area contributed by atoms with E-state index in [1.54, 1.807) is 12.1 Å². The van der Waals surface area contributed by atoms with E-state index >= 15 is 0 Å². The second kappa shape index (κ2) is 9.95. The van der Waals surface area contributed by atoms with Crippen molar-refractivity contribution in [2.75, 3.05) is 6.26 Å². The molecule has 170 valence electrons. The molecular formula is C25H25N3O4S. The first-order valence-electron chi connectivity index (χ1n) is 10.7. The number of rotatable bonds is 9. The maximum Gasteiger partial charge on any atom is 0.258 e. The molecule has 1 heterocycles. The fraction of sp³-hybridized carbons (Fsp3) is 0.240. The molecule has 3 aromatic rings. The quantitative estimate of drug-likeness (QED) is 0.514. The molecule has 7 nitrogen and oxygen atoms in total. The van der Waals surface area contributed by atoms with E-state index in [1.165, 1.54) is 12.3 Å². The predicted molar refractivity (Wildman–Crippen MR) is 126 cm³/mol. The summed E-state index contributed by atoms with van der Waals surface area (Å²) in [6.45, 7) is 0. The highest BCUT2D eigenvalue weighted by atomic mass is 32.2. The molecule has 0 radical (unpaired) electrons. The first-order valence-corrected chi connectivity index (χ1v) is 12.7. The van der Waals surface area contributed by atoms with Crippen molar-refractivity contribution in [3.05, 3.63) is 95.3 Å². The minimum atomic E-state index is -3.35. The molecule has 2 aromatic carbocycles. The number of nitrogens with one attached hydrogen (secondary N) is 1. The molecular weight excluding hydrogens is 438 g/mol. The van der Waals surface area contributed by atoms with Crippen LogP contribution in [-0.2, 0) is 16.3 Å². The van der Waals surface area contributed by atoms with Crippen LogP contribution in [0.4, 0.5) is 0 Å². The first kappa shape index (κ1) is 22.7. The molecule has 4 rings (SSSR count). The maximum absolute atomic E-state index is 13.2. The van der Waals surface area contributed by atoms with Gasteiger partial charge >= 0.3 is 0 Å². The van der Waals surface area contributed by atoms with Crippen molar-refractivity contribution < 1.29 is 17.9 Å². The molecule has 0 spiro atoms. The molecule has 1 aliphatic rings. The van der Waals surface area contributed by atoms with E-state index in [1.807, 2.05) is 48.5 Å². The number of para-hydroxylation sites is 1. The lowest BCUT2D eigenvalue weighted by molar-refractivity contribution is 0.0941. The normalized spacial score (nSPS) is 14.7. The van der Waals surface area contributed by atoms with Crippen LogP contribution >= 0.6 is 0 Å². The first-order chi connectivity index (χ1) is 15.9. The van der Waals surface area contributed by atoms with E-state index in [2.05, 4.69) is 15.3 Å². The number of nitrogens with zero attached hydrogens (tertiary/aromatic N) is 2. The molecule has 0 aliphatic heterocycles. The third kappa shape index (κ3) is 6.73. The number of hydrogen-bond acceptors (Lipinski definition) is 6. The van der Waals surface area contributed by atoms with Gasteiger partial charge in [0.1, 0.15) is 17.1 Å². The number of aromatic nitrogens is 2. The Hall–Kier alpha value is -3.52. The van der Waals surface area contributed by atoms with Crippen LogP contribution in [0.1, 0.15) is 40.5 Å². The minimum Gasteiger partial charge on any atom is -0.438 e. The van der Waals surface area contributed by atoms with Crippen molar-refractivity contribution in [2.24, 2.45) is 0 Å². The second-order valence-electron chi connectivity index (χ2n) is 8.06. The van der Waals surface area contributed by atoms with Gasteiger partial charge in [-0.15, -0.1) is 0 Å². The molecule has 1 saturated carbocycles. The van der Waals surface area contributed by atoms with Gasteiger partial charge in [0.15, 0.2) is 9.84 Å². The molecule has 0 bridgehead atoms. The molecule has 1 aromatic heterocycles. The van der Waals surface area contributed by atoms with Crippen LogP contribution in [0.3, 0.4) is 0 Å². The van der Waals surface area contributed by atoms with Crippen LogP contribution in [-0.4, -0.2) is 36.6 Å². The van der Waals surface area contributed by atoms with Crippen molar-refractivity contribution in [2.45, 2.75) is 31.2 Å². The van der Waals surface area contributed by atoms with Crippen LogP contribution in [0.25, 0.3) is 0 Å². The lowest BCUT2D eigenvalue weighted by Gasteiger charge is -2.17. The molecule has 1 atom stereocenters. The minimum absolute atomic E-state index is 0.182. The molecule has 33 heavy (non-hydrogen) atoms. The largest absolute Gasteiger partial charge is 0.438 e. The Morgan fingerprint density at radius 2 is 1.79 bits per heavy atom.